The number of halogens is 1. The molecule has 4 nitrogen and oxygen atoms in total. The van der Waals surface area contributed by atoms with Gasteiger partial charge in [0.2, 0.25) is 6.36 Å². The first-order valence-corrected chi connectivity index (χ1v) is 4.67. The van der Waals surface area contributed by atoms with Gasteiger partial charge in [0.25, 0.3) is 0 Å². The van der Waals surface area contributed by atoms with E-state index >= 15 is 0 Å². The number of methoxy groups -OCH3 is 1. The quantitative estimate of drug-likeness (QED) is 0.671. The first-order valence-electron chi connectivity index (χ1n) is 4.67. The van der Waals surface area contributed by atoms with Gasteiger partial charge in [-0.15, -0.1) is 0 Å². The van der Waals surface area contributed by atoms with E-state index in [9.17, 15) is 4.39 Å². The molecule has 0 saturated carbocycles. The molecule has 2 fully saturated rings. The highest BCUT2D eigenvalue weighted by molar-refractivity contribution is 4.94. The van der Waals surface area contributed by atoms with E-state index in [-0.39, 0.29) is 12.2 Å². The lowest BCUT2D eigenvalue weighted by Crippen LogP contribution is -2.32. The van der Waals surface area contributed by atoms with Crippen molar-refractivity contribution in [1.82, 2.24) is 0 Å². The zero-order valence-electron chi connectivity index (χ0n) is 8.53. The Hall–Kier alpha value is -0.230. The predicted molar refractivity (Wildman–Crippen MR) is 45.5 cm³/mol. The van der Waals surface area contributed by atoms with Crippen LogP contribution in [0.3, 0.4) is 0 Å². The van der Waals surface area contributed by atoms with Gasteiger partial charge in [0.15, 0.2) is 5.79 Å². The van der Waals surface area contributed by atoms with Gasteiger partial charge < -0.3 is 18.9 Å². The summed E-state index contributed by atoms with van der Waals surface area (Å²) >= 11 is 0. The largest absolute Gasteiger partial charge is 0.382 e. The van der Waals surface area contributed by atoms with Crippen molar-refractivity contribution >= 4 is 0 Å². The van der Waals surface area contributed by atoms with Gasteiger partial charge in [-0.1, -0.05) is 0 Å². The second-order valence-corrected chi connectivity index (χ2v) is 4.05. The number of hydrogen-bond donors (Lipinski definition) is 0. The van der Waals surface area contributed by atoms with E-state index in [0.29, 0.717) is 6.61 Å². The summed E-state index contributed by atoms with van der Waals surface area (Å²) in [5, 5.41) is 0. The average Bonchev–Trinajstić information content (AvgIpc) is 2.51. The monoisotopic (exact) mass is 206 g/mol. The molecule has 14 heavy (non-hydrogen) atoms. The first-order chi connectivity index (χ1) is 6.53. The minimum Gasteiger partial charge on any atom is -0.382 e. The van der Waals surface area contributed by atoms with Crippen LogP contribution in [0.4, 0.5) is 4.39 Å². The third kappa shape index (κ3) is 1.65. The van der Waals surface area contributed by atoms with Gasteiger partial charge in [-0.25, -0.2) is 4.39 Å². The summed E-state index contributed by atoms with van der Waals surface area (Å²) in [5.74, 6) is -0.727. The van der Waals surface area contributed by atoms with Crippen LogP contribution in [-0.2, 0) is 18.9 Å². The highest BCUT2D eigenvalue weighted by Crippen LogP contribution is 2.38. The topological polar surface area (TPSA) is 36.9 Å². The fourth-order valence-corrected chi connectivity index (χ4v) is 1.93. The Morgan fingerprint density at radius 3 is 2.57 bits per heavy atom. The summed E-state index contributed by atoms with van der Waals surface area (Å²) in [6.07, 6.45) is -2.77. The van der Waals surface area contributed by atoms with Crippen molar-refractivity contribution < 1.29 is 23.3 Å². The van der Waals surface area contributed by atoms with Gasteiger partial charge in [0, 0.05) is 7.11 Å². The SMILES string of the molecule is COC[C@H]1OC(F)[C@@H]2OC(C)(C)O[C@H]12. The highest BCUT2D eigenvalue weighted by atomic mass is 19.1. The zero-order valence-corrected chi connectivity index (χ0v) is 8.53. The van der Waals surface area contributed by atoms with Gasteiger partial charge >= 0.3 is 0 Å². The van der Waals surface area contributed by atoms with Crippen LogP contribution < -0.4 is 0 Å². The fraction of sp³-hybridized carbons (Fsp3) is 1.00. The molecule has 0 amide bonds. The normalized spacial score (nSPS) is 45.4. The highest BCUT2D eigenvalue weighted by Gasteiger charge is 2.55. The van der Waals surface area contributed by atoms with Gasteiger partial charge in [0.1, 0.15) is 18.3 Å². The Bertz CT molecular complexity index is 221. The summed E-state index contributed by atoms with van der Waals surface area (Å²) in [4.78, 5) is 0. The van der Waals surface area contributed by atoms with E-state index in [1.807, 2.05) is 0 Å². The molecule has 0 aromatic carbocycles. The van der Waals surface area contributed by atoms with E-state index in [4.69, 9.17) is 18.9 Å². The van der Waals surface area contributed by atoms with Crippen LogP contribution in [0, 0.1) is 0 Å². The molecule has 0 bridgehead atoms. The Balaban J connectivity index is 2.07. The van der Waals surface area contributed by atoms with Crippen molar-refractivity contribution in [2.24, 2.45) is 0 Å². The van der Waals surface area contributed by atoms with Crippen LogP contribution in [0.25, 0.3) is 0 Å². The van der Waals surface area contributed by atoms with E-state index in [2.05, 4.69) is 0 Å². The molecule has 4 atom stereocenters. The third-order valence-electron chi connectivity index (χ3n) is 2.42. The number of alkyl halides is 1. The maximum Gasteiger partial charge on any atom is 0.228 e. The van der Waals surface area contributed by atoms with Crippen LogP contribution in [0.1, 0.15) is 13.8 Å². The number of fused-ring (bicyclic) bond motifs is 1. The van der Waals surface area contributed by atoms with E-state index in [1.165, 1.54) is 0 Å². The standard InChI is InChI=1S/C9H15FO4/c1-9(2)13-6-5(4-11-3)12-8(10)7(6)14-9/h5-8H,4H2,1-3H3/t5-,6-,7-,8?/m1/s1. The molecule has 0 aliphatic carbocycles. The summed E-state index contributed by atoms with van der Waals surface area (Å²) in [5.41, 5.74) is 0. The second kappa shape index (κ2) is 3.41. The Morgan fingerprint density at radius 2 is 1.93 bits per heavy atom. The molecule has 0 spiro atoms. The van der Waals surface area contributed by atoms with Crippen molar-refractivity contribution in [1.29, 1.82) is 0 Å². The third-order valence-corrected chi connectivity index (χ3v) is 2.42. The molecule has 2 aliphatic rings. The summed E-state index contributed by atoms with van der Waals surface area (Å²) in [6, 6.07) is 0. The molecule has 2 aliphatic heterocycles. The Morgan fingerprint density at radius 1 is 1.29 bits per heavy atom. The average molecular weight is 206 g/mol. The minimum atomic E-state index is -1.41. The maximum atomic E-state index is 13.3. The molecule has 0 aromatic heterocycles. The summed E-state index contributed by atoms with van der Waals surface area (Å²) in [7, 11) is 1.55. The summed E-state index contributed by atoms with van der Waals surface area (Å²) < 4.78 is 34.2. The Labute approximate surface area is 82.3 Å². The van der Waals surface area contributed by atoms with Crippen molar-refractivity contribution in [3.05, 3.63) is 0 Å². The van der Waals surface area contributed by atoms with E-state index < -0.39 is 18.2 Å². The molecule has 2 saturated heterocycles. The van der Waals surface area contributed by atoms with Crippen LogP contribution in [0.15, 0.2) is 0 Å². The van der Waals surface area contributed by atoms with E-state index in [0.717, 1.165) is 0 Å². The van der Waals surface area contributed by atoms with Crippen molar-refractivity contribution in [3.63, 3.8) is 0 Å². The lowest BCUT2D eigenvalue weighted by Gasteiger charge is -2.21. The zero-order chi connectivity index (χ0) is 10.3. The van der Waals surface area contributed by atoms with Gasteiger partial charge in [-0.05, 0) is 13.8 Å². The van der Waals surface area contributed by atoms with Crippen molar-refractivity contribution in [2.45, 2.75) is 44.3 Å². The molecule has 0 radical (unpaired) electrons. The molecular formula is C9H15FO4. The molecule has 0 N–H and O–H groups in total. The maximum absolute atomic E-state index is 13.3. The molecule has 5 heteroatoms. The first kappa shape index (κ1) is 10.3. The van der Waals surface area contributed by atoms with Crippen LogP contribution in [0.5, 0.6) is 0 Å². The molecular weight excluding hydrogens is 191 g/mol. The molecule has 2 heterocycles. The fourth-order valence-electron chi connectivity index (χ4n) is 1.93. The van der Waals surface area contributed by atoms with Crippen molar-refractivity contribution in [3.8, 4) is 0 Å². The van der Waals surface area contributed by atoms with Gasteiger partial charge in [-0.3, -0.25) is 0 Å². The molecule has 2 rings (SSSR count). The number of rotatable bonds is 2. The molecule has 82 valence electrons. The van der Waals surface area contributed by atoms with Crippen LogP contribution >= 0.6 is 0 Å². The van der Waals surface area contributed by atoms with Crippen molar-refractivity contribution in [2.75, 3.05) is 13.7 Å². The molecule has 0 aromatic rings. The minimum absolute atomic E-state index is 0.320. The summed E-state index contributed by atoms with van der Waals surface area (Å²) in [6.45, 7) is 3.85. The smallest absolute Gasteiger partial charge is 0.228 e. The van der Waals surface area contributed by atoms with Crippen LogP contribution in [0.2, 0.25) is 0 Å². The van der Waals surface area contributed by atoms with E-state index in [1.54, 1.807) is 21.0 Å². The Kier molecular flexibility index (Phi) is 2.51. The van der Waals surface area contributed by atoms with Crippen LogP contribution in [-0.4, -0.2) is 44.2 Å². The molecule has 1 unspecified atom stereocenters. The lowest BCUT2D eigenvalue weighted by atomic mass is 10.1. The lowest BCUT2D eigenvalue weighted by molar-refractivity contribution is -0.208. The second-order valence-electron chi connectivity index (χ2n) is 4.05. The number of ether oxygens (including phenoxy) is 4. The number of hydrogen-bond acceptors (Lipinski definition) is 4. The predicted octanol–water partition coefficient (Wildman–Crippen LogP) is 0.847. The van der Waals surface area contributed by atoms with Gasteiger partial charge in [-0.2, -0.15) is 0 Å². The van der Waals surface area contributed by atoms with Gasteiger partial charge in [0.05, 0.1) is 6.61 Å².